The minimum Gasteiger partial charge on any atom is -0.492 e. The minimum atomic E-state index is -0.391. The van der Waals surface area contributed by atoms with E-state index < -0.39 is 6.03 Å². The summed E-state index contributed by atoms with van der Waals surface area (Å²) < 4.78 is 12.9. The number of benzene rings is 1. The molecule has 0 unspecified atom stereocenters. The second kappa shape index (κ2) is 7.94. The second-order valence-electron chi connectivity index (χ2n) is 7.08. The summed E-state index contributed by atoms with van der Waals surface area (Å²) in [6.07, 6.45) is 5.36. The van der Waals surface area contributed by atoms with Gasteiger partial charge in [0.15, 0.2) is 5.82 Å². The molecule has 2 aromatic heterocycles. The fourth-order valence-corrected chi connectivity index (χ4v) is 2.29. The largest absolute Gasteiger partial charge is 0.492 e. The van der Waals surface area contributed by atoms with Crippen LogP contribution in [0.3, 0.4) is 0 Å². The van der Waals surface area contributed by atoms with Crippen molar-refractivity contribution in [1.82, 2.24) is 14.7 Å². The lowest BCUT2D eigenvalue weighted by molar-refractivity contribution is 0.262. The molecule has 27 heavy (non-hydrogen) atoms. The van der Waals surface area contributed by atoms with E-state index in [1.54, 1.807) is 42.9 Å². The van der Waals surface area contributed by atoms with Gasteiger partial charge in [-0.3, -0.25) is 5.32 Å². The lowest BCUT2D eigenvalue weighted by atomic mass is 9.93. The summed E-state index contributed by atoms with van der Waals surface area (Å²) in [5.41, 5.74) is 0.478. The van der Waals surface area contributed by atoms with Crippen LogP contribution < -0.4 is 15.4 Å². The molecule has 0 aliphatic carbocycles. The number of urea groups is 1. The number of hydrogen-bond acceptors (Lipinski definition) is 5. The van der Waals surface area contributed by atoms with Gasteiger partial charge in [-0.25, -0.2) is 9.78 Å². The van der Waals surface area contributed by atoms with Crippen molar-refractivity contribution >= 4 is 17.5 Å². The van der Waals surface area contributed by atoms with Crippen molar-refractivity contribution in [2.75, 3.05) is 17.2 Å². The Labute approximate surface area is 157 Å². The molecule has 2 N–H and O–H groups in total. The van der Waals surface area contributed by atoms with E-state index in [0.717, 1.165) is 12.3 Å². The first kappa shape index (κ1) is 18.5. The average molecular weight is 369 g/mol. The van der Waals surface area contributed by atoms with Gasteiger partial charge in [-0.15, -0.1) is 0 Å². The van der Waals surface area contributed by atoms with Crippen LogP contribution in [0, 0.1) is 0 Å². The van der Waals surface area contributed by atoms with Gasteiger partial charge in [-0.1, -0.05) is 25.9 Å². The lowest BCUT2D eigenvalue weighted by Gasteiger charge is -2.12. The van der Waals surface area contributed by atoms with Crippen LogP contribution in [0.25, 0.3) is 0 Å². The smallest absolute Gasteiger partial charge is 0.324 e. The molecule has 0 spiro atoms. The van der Waals surface area contributed by atoms with Gasteiger partial charge in [0.25, 0.3) is 0 Å². The molecule has 0 saturated carbocycles. The maximum absolute atomic E-state index is 12.1. The van der Waals surface area contributed by atoms with Crippen LogP contribution >= 0.6 is 0 Å². The molecule has 0 aliphatic rings. The van der Waals surface area contributed by atoms with Crippen LogP contribution in [0.4, 0.5) is 16.3 Å². The standard InChI is InChI=1S/C19H23N5O3/c1-19(2,3)16-12-17(23-27-16)22-18(25)21-14-4-6-15(7-5-14)26-11-10-24-9-8-20-13-24/h4-9,12-13H,10-11H2,1-3H3,(H2,21,22,23,25). The van der Waals surface area contributed by atoms with Crippen LogP contribution in [0.15, 0.2) is 53.6 Å². The van der Waals surface area contributed by atoms with Crippen molar-refractivity contribution < 1.29 is 14.1 Å². The monoisotopic (exact) mass is 369 g/mol. The van der Waals surface area contributed by atoms with Crippen molar-refractivity contribution in [1.29, 1.82) is 0 Å². The zero-order valence-electron chi connectivity index (χ0n) is 15.6. The predicted octanol–water partition coefficient (Wildman–Crippen LogP) is 3.89. The molecule has 3 rings (SSSR count). The van der Waals surface area contributed by atoms with E-state index in [1.165, 1.54) is 0 Å². The molecule has 0 radical (unpaired) electrons. The third-order valence-corrected chi connectivity index (χ3v) is 3.78. The van der Waals surface area contributed by atoms with Crippen LogP contribution in [0.5, 0.6) is 5.75 Å². The van der Waals surface area contributed by atoms with E-state index in [-0.39, 0.29) is 5.41 Å². The Kier molecular flexibility index (Phi) is 5.44. The number of ether oxygens (including phenoxy) is 1. The number of aromatic nitrogens is 3. The van der Waals surface area contributed by atoms with Gasteiger partial charge in [-0.05, 0) is 24.3 Å². The number of rotatable bonds is 6. The molecule has 3 aromatic rings. The number of nitrogens with zero attached hydrogens (tertiary/aromatic N) is 3. The molecule has 2 heterocycles. The van der Waals surface area contributed by atoms with Gasteiger partial charge in [0.05, 0.1) is 12.9 Å². The summed E-state index contributed by atoms with van der Waals surface area (Å²) in [6, 6.07) is 8.48. The molecule has 0 bridgehead atoms. The molecule has 8 nitrogen and oxygen atoms in total. The normalized spacial score (nSPS) is 11.2. The highest BCUT2D eigenvalue weighted by atomic mass is 16.5. The van der Waals surface area contributed by atoms with Crippen molar-refractivity contribution in [3.05, 3.63) is 54.8 Å². The summed E-state index contributed by atoms with van der Waals surface area (Å²) in [7, 11) is 0. The average Bonchev–Trinajstić information content (AvgIpc) is 3.28. The Morgan fingerprint density at radius 3 is 2.63 bits per heavy atom. The lowest BCUT2D eigenvalue weighted by Crippen LogP contribution is -2.19. The van der Waals surface area contributed by atoms with Crippen LogP contribution in [-0.2, 0) is 12.0 Å². The van der Waals surface area contributed by atoms with Crippen LogP contribution in [0.2, 0.25) is 0 Å². The Balaban J connectivity index is 1.47. The maximum atomic E-state index is 12.1. The first-order valence-electron chi connectivity index (χ1n) is 8.64. The molecular weight excluding hydrogens is 346 g/mol. The van der Waals surface area contributed by atoms with E-state index in [4.69, 9.17) is 9.26 Å². The fraction of sp³-hybridized carbons (Fsp3) is 0.316. The first-order valence-corrected chi connectivity index (χ1v) is 8.64. The second-order valence-corrected chi connectivity index (χ2v) is 7.08. The van der Waals surface area contributed by atoms with E-state index in [9.17, 15) is 4.79 Å². The Bertz CT molecular complexity index is 864. The van der Waals surface area contributed by atoms with Crippen molar-refractivity contribution in [3.8, 4) is 5.75 Å². The highest BCUT2D eigenvalue weighted by Gasteiger charge is 2.20. The number of hydrogen-bond donors (Lipinski definition) is 2. The van der Waals surface area contributed by atoms with E-state index in [1.807, 2.05) is 31.5 Å². The van der Waals surface area contributed by atoms with Gasteiger partial charge < -0.3 is 19.1 Å². The zero-order chi connectivity index (χ0) is 19.3. The van der Waals surface area contributed by atoms with E-state index >= 15 is 0 Å². The molecule has 8 heteroatoms. The van der Waals surface area contributed by atoms with Crippen LogP contribution in [0.1, 0.15) is 26.5 Å². The number of imidazole rings is 1. The molecular formula is C19H23N5O3. The predicted molar refractivity (Wildman–Crippen MR) is 102 cm³/mol. The highest BCUT2D eigenvalue weighted by Crippen LogP contribution is 2.24. The van der Waals surface area contributed by atoms with E-state index in [2.05, 4.69) is 20.8 Å². The first-order chi connectivity index (χ1) is 12.9. The third-order valence-electron chi connectivity index (χ3n) is 3.78. The summed E-state index contributed by atoms with van der Waals surface area (Å²) in [6.45, 7) is 7.28. The van der Waals surface area contributed by atoms with E-state index in [0.29, 0.717) is 23.9 Å². The molecule has 2 amide bonds. The molecule has 0 atom stereocenters. The Hall–Kier alpha value is -3.29. The SMILES string of the molecule is CC(C)(C)c1cc(NC(=O)Nc2ccc(OCCn3ccnc3)cc2)no1. The van der Waals surface area contributed by atoms with Crippen LogP contribution in [-0.4, -0.2) is 27.3 Å². The quantitative estimate of drug-likeness (QED) is 0.687. The molecule has 0 saturated heterocycles. The summed E-state index contributed by atoms with van der Waals surface area (Å²) in [5, 5.41) is 9.26. The van der Waals surface area contributed by atoms with Crippen molar-refractivity contribution in [2.24, 2.45) is 0 Å². The highest BCUT2D eigenvalue weighted by molar-refractivity contribution is 5.99. The summed E-state index contributed by atoms with van der Waals surface area (Å²) in [4.78, 5) is 16.1. The molecule has 0 aliphatic heterocycles. The van der Waals surface area contributed by atoms with Gasteiger partial charge in [0.2, 0.25) is 0 Å². The van der Waals surface area contributed by atoms with Gasteiger partial charge in [0.1, 0.15) is 18.1 Å². The molecule has 1 aromatic carbocycles. The number of carbonyl (C=O) groups is 1. The van der Waals surface area contributed by atoms with Crippen molar-refractivity contribution in [2.45, 2.75) is 32.7 Å². The van der Waals surface area contributed by atoms with Gasteiger partial charge in [0, 0.05) is 29.6 Å². The zero-order valence-corrected chi connectivity index (χ0v) is 15.6. The molecule has 142 valence electrons. The number of anilines is 2. The number of carbonyl (C=O) groups excluding carboxylic acids is 1. The summed E-state index contributed by atoms with van der Waals surface area (Å²) in [5.74, 6) is 1.80. The third kappa shape index (κ3) is 5.34. The maximum Gasteiger partial charge on any atom is 0.324 e. The minimum absolute atomic E-state index is 0.170. The number of amides is 2. The van der Waals surface area contributed by atoms with Gasteiger partial charge >= 0.3 is 6.03 Å². The van der Waals surface area contributed by atoms with Gasteiger partial charge in [-0.2, -0.15) is 0 Å². The topological polar surface area (TPSA) is 94.2 Å². The Morgan fingerprint density at radius 2 is 2.00 bits per heavy atom. The van der Waals surface area contributed by atoms with Crippen molar-refractivity contribution in [3.63, 3.8) is 0 Å². The fourth-order valence-electron chi connectivity index (χ4n) is 2.29. The summed E-state index contributed by atoms with van der Waals surface area (Å²) >= 11 is 0. The molecule has 0 fully saturated rings. The number of nitrogens with one attached hydrogen (secondary N) is 2. The Morgan fingerprint density at radius 1 is 1.22 bits per heavy atom.